The quantitative estimate of drug-likeness (QED) is 0.327. The number of aromatic nitrogens is 2. The molecule has 0 aliphatic carbocycles. The smallest absolute Gasteiger partial charge is 0.106 e. The van der Waals surface area contributed by atoms with E-state index in [2.05, 4.69) is 102 Å². The van der Waals surface area contributed by atoms with E-state index in [1.165, 1.54) is 16.7 Å². The van der Waals surface area contributed by atoms with E-state index in [9.17, 15) is 0 Å². The third kappa shape index (κ3) is 5.50. The van der Waals surface area contributed by atoms with Crippen LogP contribution in [0.5, 0.6) is 0 Å². The molecule has 2 nitrogen and oxygen atoms in total. The summed E-state index contributed by atoms with van der Waals surface area (Å²) < 4.78 is 2.98. The second-order valence-corrected chi connectivity index (χ2v) is 7.96. The van der Waals surface area contributed by atoms with Gasteiger partial charge in [0, 0.05) is 26.9 Å². The summed E-state index contributed by atoms with van der Waals surface area (Å²) in [4.78, 5) is 8.40. The van der Waals surface area contributed by atoms with E-state index in [1.807, 2.05) is 19.2 Å². The van der Waals surface area contributed by atoms with Gasteiger partial charge in [-0.05, 0) is 91.8 Å². The van der Waals surface area contributed by atoms with Crippen LogP contribution < -0.4 is 0 Å². The minimum atomic E-state index is 0.878. The molecule has 0 fully saturated rings. The first-order chi connectivity index (χ1) is 11.4. The molecule has 3 aromatic rings. The summed E-state index contributed by atoms with van der Waals surface area (Å²) in [6.45, 7) is 6.18. The van der Waals surface area contributed by atoms with Crippen LogP contribution in [0.25, 0.3) is 11.3 Å². The van der Waals surface area contributed by atoms with E-state index in [-0.39, 0.29) is 0 Å². The summed E-state index contributed by atoms with van der Waals surface area (Å²) in [6, 6.07) is 12.5. The Morgan fingerprint density at radius 1 is 0.708 bits per heavy atom. The third-order valence-electron chi connectivity index (χ3n) is 3.41. The highest BCUT2D eigenvalue weighted by Gasteiger charge is 2.01. The number of hydrogen-bond acceptors (Lipinski definition) is 2. The molecule has 0 radical (unpaired) electrons. The topological polar surface area (TPSA) is 25.8 Å². The molecule has 0 aliphatic rings. The molecule has 0 spiro atoms. The second-order valence-electron chi connectivity index (χ2n) is 5.44. The monoisotopic (exact) mass is 510 g/mol. The molecule has 1 aromatic carbocycles. The van der Waals surface area contributed by atoms with Crippen molar-refractivity contribution >= 4 is 47.8 Å². The number of rotatable bonds is 1. The molecule has 124 valence electrons. The maximum absolute atomic E-state index is 4.39. The van der Waals surface area contributed by atoms with E-state index in [4.69, 9.17) is 0 Å². The predicted octanol–water partition coefficient (Wildman–Crippen LogP) is 7.04. The van der Waals surface area contributed by atoms with E-state index in [0.717, 1.165) is 24.8 Å². The largest absolute Gasteiger partial charge is 0.255 e. The first kappa shape index (κ1) is 19.3. The molecule has 0 N–H and O–H groups in total. The summed E-state index contributed by atoms with van der Waals surface area (Å²) in [5, 5.41) is 0. The normalized spacial score (nSPS) is 10.1. The van der Waals surface area contributed by atoms with E-state index in [1.54, 1.807) is 6.20 Å². The summed E-state index contributed by atoms with van der Waals surface area (Å²) in [5.41, 5.74) is 5.86. The van der Waals surface area contributed by atoms with Gasteiger partial charge in [0.15, 0.2) is 0 Å². The molecule has 5 heteroatoms. The maximum Gasteiger partial charge on any atom is 0.106 e. The van der Waals surface area contributed by atoms with Gasteiger partial charge in [0.05, 0.1) is 5.69 Å². The minimum Gasteiger partial charge on any atom is -0.255 e. The van der Waals surface area contributed by atoms with E-state index in [0.29, 0.717) is 0 Å². The van der Waals surface area contributed by atoms with Crippen molar-refractivity contribution in [3.05, 3.63) is 79.0 Å². The zero-order valence-electron chi connectivity index (χ0n) is 13.6. The molecule has 0 amide bonds. The third-order valence-corrected chi connectivity index (χ3v) is 5.50. The number of hydrogen-bond donors (Lipinski definition) is 0. The lowest BCUT2D eigenvalue weighted by Crippen LogP contribution is -1.86. The lowest BCUT2D eigenvalue weighted by Gasteiger charge is -2.03. The zero-order valence-corrected chi connectivity index (χ0v) is 18.4. The van der Waals surface area contributed by atoms with Gasteiger partial charge in [0.2, 0.25) is 0 Å². The molecule has 24 heavy (non-hydrogen) atoms. The Morgan fingerprint density at radius 2 is 1.25 bits per heavy atom. The summed E-state index contributed by atoms with van der Waals surface area (Å²) >= 11 is 10.1. The summed E-state index contributed by atoms with van der Waals surface area (Å²) in [6.07, 6.45) is 3.63. The van der Waals surface area contributed by atoms with Crippen LogP contribution >= 0.6 is 47.8 Å². The highest BCUT2D eigenvalue weighted by Crippen LogP contribution is 2.22. The number of halogens is 3. The van der Waals surface area contributed by atoms with Crippen molar-refractivity contribution in [1.29, 1.82) is 0 Å². The Balaban J connectivity index is 0.000000198. The summed E-state index contributed by atoms with van der Waals surface area (Å²) in [5.74, 6) is 0. The standard InChI is InChI=1S/C13H12BrN.C6H5Br2N/c1-9-3-5-11(6-4-9)13-7-10(2)12(14)8-15-13;1-4-2-6(8)9-3-5(4)7/h3-8H,1-2H3;2-3H,1H3. The number of aryl methyl sites for hydroxylation is 3. The Hall–Kier alpha value is -1.04. The van der Waals surface area contributed by atoms with Gasteiger partial charge in [0.25, 0.3) is 0 Å². The predicted molar refractivity (Wildman–Crippen MR) is 111 cm³/mol. The molecule has 0 saturated heterocycles. The van der Waals surface area contributed by atoms with Gasteiger partial charge in [0.1, 0.15) is 4.60 Å². The number of benzene rings is 1. The van der Waals surface area contributed by atoms with Crippen molar-refractivity contribution in [2.24, 2.45) is 0 Å². The molecule has 2 aromatic heterocycles. The second kappa shape index (κ2) is 8.88. The van der Waals surface area contributed by atoms with E-state index >= 15 is 0 Å². The van der Waals surface area contributed by atoms with Crippen molar-refractivity contribution in [2.75, 3.05) is 0 Å². The van der Waals surface area contributed by atoms with Crippen LogP contribution in [-0.2, 0) is 0 Å². The average molecular weight is 513 g/mol. The fraction of sp³-hybridized carbons (Fsp3) is 0.158. The molecule has 0 atom stereocenters. The van der Waals surface area contributed by atoms with Crippen molar-refractivity contribution in [3.63, 3.8) is 0 Å². The highest BCUT2D eigenvalue weighted by atomic mass is 79.9. The Kier molecular flexibility index (Phi) is 7.14. The van der Waals surface area contributed by atoms with Gasteiger partial charge in [-0.25, -0.2) is 4.98 Å². The first-order valence-electron chi connectivity index (χ1n) is 7.33. The van der Waals surface area contributed by atoms with Crippen LogP contribution in [-0.4, -0.2) is 9.97 Å². The molecular formula is C19H17Br3N2. The van der Waals surface area contributed by atoms with Gasteiger partial charge < -0.3 is 0 Å². The van der Waals surface area contributed by atoms with Crippen molar-refractivity contribution < 1.29 is 0 Å². The highest BCUT2D eigenvalue weighted by molar-refractivity contribution is 9.11. The molecule has 0 unspecified atom stereocenters. The zero-order chi connectivity index (χ0) is 17.7. The van der Waals surface area contributed by atoms with Gasteiger partial charge in [-0.3, -0.25) is 4.98 Å². The lowest BCUT2D eigenvalue weighted by molar-refractivity contribution is 1.22. The minimum absolute atomic E-state index is 0.878. The molecule has 0 aliphatic heterocycles. The van der Waals surface area contributed by atoms with Crippen LogP contribution in [0.3, 0.4) is 0 Å². The van der Waals surface area contributed by atoms with Crippen LogP contribution in [0.4, 0.5) is 0 Å². The molecular weight excluding hydrogens is 496 g/mol. The van der Waals surface area contributed by atoms with Crippen molar-refractivity contribution in [2.45, 2.75) is 20.8 Å². The molecule has 3 rings (SSSR count). The fourth-order valence-electron chi connectivity index (χ4n) is 1.93. The van der Waals surface area contributed by atoms with Crippen LogP contribution in [0.2, 0.25) is 0 Å². The number of pyridine rings is 2. The average Bonchev–Trinajstić information content (AvgIpc) is 2.55. The Bertz CT molecular complexity index is 831. The van der Waals surface area contributed by atoms with Crippen molar-refractivity contribution in [1.82, 2.24) is 9.97 Å². The van der Waals surface area contributed by atoms with E-state index < -0.39 is 0 Å². The molecule has 0 saturated carbocycles. The maximum atomic E-state index is 4.39. The van der Waals surface area contributed by atoms with Crippen molar-refractivity contribution in [3.8, 4) is 11.3 Å². The summed E-state index contributed by atoms with van der Waals surface area (Å²) in [7, 11) is 0. The lowest BCUT2D eigenvalue weighted by atomic mass is 10.1. The molecule has 2 heterocycles. The fourth-order valence-corrected chi connectivity index (χ4v) is 2.81. The van der Waals surface area contributed by atoms with Crippen LogP contribution in [0.15, 0.2) is 62.3 Å². The SMILES string of the molecule is Cc1cc(Br)ncc1Br.Cc1ccc(-c2cc(C)c(Br)cn2)cc1. The van der Waals surface area contributed by atoms with Gasteiger partial charge >= 0.3 is 0 Å². The Labute approximate surface area is 168 Å². The van der Waals surface area contributed by atoms with Gasteiger partial charge in [-0.1, -0.05) is 29.8 Å². The van der Waals surface area contributed by atoms with Crippen LogP contribution in [0.1, 0.15) is 16.7 Å². The Morgan fingerprint density at radius 3 is 1.75 bits per heavy atom. The number of nitrogens with zero attached hydrogens (tertiary/aromatic N) is 2. The van der Waals surface area contributed by atoms with Crippen LogP contribution in [0, 0.1) is 20.8 Å². The molecule has 0 bridgehead atoms. The van der Waals surface area contributed by atoms with Gasteiger partial charge in [-0.2, -0.15) is 0 Å². The van der Waals surface area contributed by atoms with Gasteiger partial charge in [-0.15, -0.1) is 0 Å². The first-order valence-corrected chi connectivity index (χ1v) is 9.71.